The van der Waals surface area contributed by atoms with Crippen molar-refractivity contribution in [3.8, 4) is 11.1 Å². The first kappa shape index (κ1) is 30.2. The Hall–Kier alpha value is -4.80. The predicted molar refractivity (Wildman–Crippen MR) is 177 cm³/mol. The number of benzene rings is 4. The van der Waals surface area contributed by atoms with Gasteiger partial charge in [0.15, 0.2) is 5.78 Å². The van der Waals surface area contributed by atoms with Crippen LogP contribution in [0.3, 0.4) is 0 Å². The molecule has 45 heavy (non-hydrogen) atoms. The van der Waals surface area contributed by atoms with Gasteiger partial charge in [-0.25, -0.2) is 0 Å². The lowest BCUT2D eigenvalue weighted by Crippen LogP contribution is -2.22. The van der Waals surface area contributed by atoms with Crippen molar-refractivity contribution in [2.24, 2.45) is 0 Å². The number of thioether (sulfide) groups is 1. The molecule has 4 aromatic carbocycles. The maximum absolute atomic E-state index is 13.9. The molecule has 224 valence electrons. The number of carbonyl (C=O) groups is 2. The first-order valence-corrected chi connectivity index (χ1v) is 15.1. The molecular formula is C35H24F3N3O2S2. The van der Waals surface area contributed by atoms with E-state index in [1.807, 2.05) is 36.4 Å². The minimum Gasteiger partial charge on any atom is -0.381 e. The molecule has 1 aliphatic rings. The van der Waals surface area contributed by atoms with Gasteiger partial charge in [-0.1, -0.05) is 103 Å². The van der Waals surface area contributed by atoms with Crippen LogP contribution in [0.4, 0.5) is 18.9 Å². The van der Waals surface area contributed by atoms with Gasteiger partial charge in [-0.2, -0.15) is 13.2 Å². The van der Waals surface area contributed by atoms with E-state index in [0.29, 0.717) is 32.5 Å². The second-order valence-corrected chi connectivity index (χ2v) is 12.0. The van der Waals surface area contributed by atoms with Crippen molar-refractivity contribution in [1.29, 1.82) is 0 Å². The second kappa shape index (κ2) is 12.3. The number of para-hydroxylation sites is 1. The molecule has 0 bridgehead atoms. The standard InChI is InChI=1S/C35H24F3N3O2S2/c1-41-33(43)29(45-34(41)44)17-21-13-15-22(16-14-21)19-39-25-10-5-9-24(18-25)30-26-11-6-12-28(35(36,37)38)31(26)40-20-27(30)32(42)23-7-3-2-4-8-23/h2-18,20,39H,19H2,1H3/b29-17+. The predicted octanol–water partition coefficient (Wildman–Crippen LogP) is 8.59. The molecule has 5 nitrogen and oxygen atoms in total. The fourth-order valence-corrected chi connectivity index (χ4v) is 6.28. The highest BCUT2D eigenvalue weighted by Crippen LogP contribution is 2.39. The van der Waals surface area contributed by atoms with Crippen molar-refractivity contribution in [2.45, 2.75) is 12.7 Å². The molecule has 5 aromatic rings. The number of nitrogens with zero attached hydrogens (tertiary/aromatic N) is 2. The van der Waals surface area contributed by atoms with Gasteiger partial charge < -0.3 is 5.32 Å². The molecule has 1 fully saturated rings. The van der Waals surface area contributed by atoms with E-state index in [1.165, 1.54) is 28.9 Å². The van der Waals surface area contributed by atoms with Gasteiger partial charge in [0.1, 0.15) is 4.32 Å². The van der Waals surface area contributed by atoms with Crippen molar-refractivity contribution in [2.75, 3.05) is 12.4 Å². The van der Waals surface area contributed by atoms with E-state index in [9.17, 15) is 22.8 Å². The SMILES string of the molecule is CN1C(=O)/C(=C\c2ccc(CNc3cccc(-c4c(C(=O)c5ccccc5)cnc5c(C(F)(F)F)cccc45)c3)cc2)SC1=S. The number of hydrogen-bond donors (Lipinski definition) is 1. The number of rotatable bonds is 7. The molecule has 0 saturated carbocycles. The number of aromatic nitrogens is 1. The monoisotopic (exact) mass is 639 g/mol. The Kier molecular flexibility index (Phi) is 8.26. The molecule has 1 N–H and O–H groups in total. The van der Waals surface area contributed by atoms with Gasteiger partial charge in [0.25, 0.3) is 5.91 Å². The lowest BCUT2D eigenvalue weighted by Gasteiger charge is -2.16. The van der Waals surface area contributed by atoms with Crippen molar-refractivity contribution in [3.63, 3.8) is 0 Å². The summed E-state index contributed by atoms with van der Waals surface area (Å²) >= 11 is 6.46. The van der Waals surface area contributed by atoms with Crippen molar-refractivity contribution in [3.05, 3.63) is 136 Å². The Bertz CT molecular complexity index is 1990. The highest BCUT2D eigenvalue weighted by molar-refractivity contribution is 8.26. The molecule has 1 aromatic heterocycles. The number of thiocarbonyl (C=S) groups is 1. The zero-order chi connectivity index (χ0) is 31.7. The van der Waals surface area contributed by atoms with Gasteiger partial charge in [0, 0.05) is 47.6 Å². The molecule has 0 spiro atoms. The Morgan fingerprint density at radius 2 is 1.71 bits per heavy atom. The maximum atomic E-state index is 13.9. The molecule has 1 aliphatic heterocycles. The third kappa shape index (κ3) is 6.25. The Balaban J connectivity index is 1.32. The maximum Gasteiger partial charge on any atom is 0.418 e. The second-order valence-electron chi connectivity index (χ2n) is 10.4. The van der Waals surface area contributed by atoms with Crippen LogP contribution < -0.4 is 5.32 Å². The minimum absolute atomic E-state index is 0.124. The summed E-state index contributed by atoms with van der Waals surface area (Å²) < 4.78 is 42.3. The largest absolute Gasteiger partial charge is 0.418 e. The number of anilines is 1. The van der Waals surface area contributed by atoms with Crippen LogP contribution >= 0.6 is 24.0 Å². The minimum atomic E-state index is -4.61. The highest BCUT2D eigenvalue weighted by atomic mass is 32.2. The summed E-state index contributed by atoms with van der Waals surface area (Å²) in [5.74, 6) is -0.460. The summed E-state index contributed by atoms with van der Waals surface area (Å²) in [6.07, 6.45) is -1.57. The number of amides is 1. The average Bonchev–Trinajstić information content (AvgIpc) is 3.29. The summed E-state index contributed by atoms with van der Waals surface area (Å²) in [6, 6.07) is 27.4. The normalized spacial score (nSPS) is 14.4. The number of nitrogens with one attached hydrogen (secondary N) is 1. The summed E-state index contributed by atoms with van der Waals surface area (Å²) in [5.41, 5.74) is 3.06. The lowest BCUT2D eigenvalue weighted by atomic mass is 9.91. The zero-order valence-corrected chi connectivity index (χ0v) is 25.4. The van der Waals surface area contributed by atoms with Gasteiger partial charge in [-0.05, 0) is 41.0 Å². The van der Waals surface area contributed by atoms with Crippen molar-refractivity contribution >= 4 is 62.7 Å². The van der Waals surface area contributed by atoms with Gasteiger partial charge >= 0.3 is 6.18 Å². The topological polar surface area (TPSA) is 62.3 Å². The zero-order valence-electron chi connectivity index (χ0n) is 23.8. The Labute approximate surface area is 266 Å². The van der Waals surface area contributed by atoms with E-state index in [0.717, 1.165) is 22.9 Å². The smallest absolute Gasteiger partial charge is 0.381 e. The molecule has 1 saturated heterocycles. The number of likely N-dealkylation sites (N-methyl/N-ethyl adjacent to an activating group) is 1. The van der Waals surface area contributed by atoms with Crippen molar-refractivity contribution < 1.29 is 22.8 Å². The van der Waals surface area contributed by atoms with Crippen LogP contribution in [-0.2, 0) is 17.5 Å². The van der Waals surface area contributed by atoms with Crippen LogP contribution in [0.2, 0.25) is 0 Å². The van der Waals surface area contributed by atoms with E-state index >= 15 is 0 Å². The molecule has 2 heterocycles. The molecule has 0 radical (unpaired) electrons. The quantitative estimate of drug-likeness (QED) is 0.109. The first-order chi connectivity index (χ1) is 21.6. The van der Waals surface area contributed by atoms with Crippen molar-refractivity contribution in [1.82, 2.24) is 9.88 Å². The number of carbonyl (C=O) groups excluding carboxylic acids is 2. The van der Waals surface area contributed by atoms with Crippen LogP contribution in [0.25, 0.3) is 28.1 Å². The Morgan fingerprint density at radius 3 is 2.40 bits per heavy atom. The fourth-order valence-electron chi connectivity index (χ4n) is 5.10. The van der Waals surface area contributed by atoms with Crippen LogP contribution in [0.1, 0.15) is 32.6 Å². The number of hydrogen-bond acceptors (Lipinski definition) is 6. The van der Waals surface area contributed by atoms with Crippen LogP contribution in [0.15, 0.2) is 108 Å². The van der Waals surface area contributed by atoms with Gasteiger partial charge in [-0.15, -0.1) is 0 Å². The molecule has 10 heteroatoms. The third-order valence-corrected chi connectivity index (χ3v) is 8.88. The van der Waals surface area contributed by atoms with E-state index in [4.69, 9.17) is 12.2 Å². The molecule has 0 atom stereocenters. The van der Waals surface area contributed by atoms with Crippen LogP contribution in [-0.4, -0.2) is 32.9 Å². The number of halogens is 3. The summed E-state index contributed by atoms with van der Waals surface area (Å²) in [5, 5.41) is 3.60. The van der Waals surface area contributed by atoms with Crippen LogP contribution in [0.5, 0.6) is 0 Å². The molecule has 0 aliphatic carbocycles. The van der Waals surface area contributed by atoms with Gasteiger partial charge in [0.2, 0.25) is 0 Å². The average molecular weight is 640 g/mol. The molecule has 0 unspecified atom stereocenters. The molecule has 6 rings (SSSR count). The van der Waals surface area contributed by atoms with Gasteiger partial charge in [0.05, 0.1) is 16.0 Å². The summed E-state index contributed by atoms with van der Waals surface area (Å²) in [4.78, 5) is 32.1. The number of fused-ring (bicyclic) bond motifs is 1. The molecular weight excluding hydrogens is 616 g/mol. The third-order valence-electron chi connectivity index (χ3n) is 7.40. The van der Waals surface area contributed by atoms with E-state index in [-0.39, 0.29) is 28.2 Å². The van der Waals surface area contributed by atoms with E-state index < -0.39 is 11.7 Å². The number of pyridine rings is 1. The lowest BCUT2D eigenvalue weighted by molar-refractivity contribution is -0.136. The highest BCUT2D eigenvalue weighted by Gasteiger charge is 2.34. The van der Waals surface area contributed by atoms with E-state index in [2.05, 4.69) is 10.3 Å². The summed E-state index contributed by atoms with van der Waals surface area (Å²) in [7, 11) is 1.65. The number of ketones is 1. The first-order valence-electron chi connectivity index (χ1n) is 13.8. The van der Waals surface area contributed by atoms with Crippen LogP contribution in [0, 0.1) is 0 Å². The summed E-state index contributed by atoms with van der Waals surface area (Å²) in [6.45, 7) is 0.464. The number of alkyl halides is 3. The van der Waals surface area contributed by atoms with Gasteiger partial charge in [-0.3, -0.25) is 19.5 Å². The fraction of sp³-hybridized carbons (Fsp3) is 0.0857. The van der Waals surface area contributed by atoms with E-state index in [1.54, 1.807) is 61.7 Å². The molecule has 1 amide bonds. The Morgan fingerprint density at radius 1 is 0.978 bits per heavy atom.